The summed E-state index contributed by atoms with van der Waals surface area (Å²) in [7, 11) is 1.55. The van der Waals surface area contributed by atoms with E-state index in [0.29, 0.717) is 39.3 Å². The van der Waals surface area contributed by atoms with Crippen molar-refractivity contribution in [2.24, 2.45) is 5.10 Å². The Kier molecular flexibility index (Phi) is 7.99. The smallest absolute Gasteiger partial charge is 0.343 e. The number of amides is 1. The summed E-state index contributed by atoms with van der Waals surface area (Å²) < 4.78 is 16.8. The number of carbonyl (C=O) groups is 2. The number of hydrogen-bond acceptors (Lipinski definition) is 6. The van der Waals surface area contributed by atoms with E-state index in [1.54, 1.807) is 67.8 Å². The lowest BCUT2D eigenvalue weighted by atomic mass is 10.2. The van der Waals surface area contributed by atoms with Gasteiger partial charge in [-0.05, 0) is 76.9 Å². The van der Waals surface area contributed by atoms with E-state index in [-0.39, 0.29) is 11.7 Å². The molecule has 0 unspecified atom stereocenters. The number of nitrogens with zero attached hydrogens (tertiary/aromatic N) is 1. The molecule has 0 heterocycles. The number of nitrogens with one attached hydrogen (secondary N) is 1. The number of esters is 1. The third kappa shape index (κ3) is 5.95. The highest BCUT2D eigenvalue weighted by Gasteiger charge is 2.17. The van der Waals surface area contributed by atoms with Crippen LogP contribution in [0, 0.1) is 0 Å². The first kappa shape index (κ1) is 23.0. The van der Waals surface area contributed by atoms with Crippen LogP contribution >= 0.6 is 15.9 Å². The van der Waals surface area contributed by atoms with E-state index in [1.165, 1.54) is 6.21 Å². The van der Waals surface area contributed by atoms with Crippen molar-refractivity contribution >= 4 is 34.0 Å². The SMILES string of the molecule is CCOc1cc(/C=N\NC(=O)c2ccccc2)cc(Br)c1OC(=O)c1ccc(OC)cc1. The Hall–Kier alpha value is -3.65. The van der Waals surface area contributed by atoms with E-state index in [4.69, 9.17) is 14.2 Å². The lowest BCUT2D eigenvalue weighted by Gasteiger charge is -2.13. The van der Waals surface area contributed by atoms with Crippen molar-refractivity contribution in [3.8, 4) is 17.2 Å². The Bertz CT molecular complexity index is 1120. The Morgan fingerprint density at radius 2 is 1.75 bits per heavy atom. The number of halogens is 1. The molecule has 1 N–H and O–H groups in total. The average molecular weight is 497 g/mol. The van der Waals surface area contributed by atoms with Gasteiger partial charge in [-0.15, -0.1) is 0 Å². The van der Waals surface area contributed by atoms with Gasteiger partial charge >= 0.3 is 5.97 Å². The molecule has 3 rings (SSSR count). The van der Waals surface area contributed by atoms with Crippen LogP contribution in [0.15, 0.2) is 76.3 Å². The lowest BCUT2D eigenvalue weighted by Crippen LogP contribution is -2.17. The molecule has 0 aliphatic heterocycles. The van der Waals surface area contributed by atoms with Crippen LogP contribution in [0.25, 0.3) is 0 Å². The van der Waals surface area contributed by atoms with Gasteiger partial charge in [-0.1, -0.05) is 18.2 Å². The molecule has 32 heavy (non-hydrogen) atoms. The number of benzene rings is 3. The van der Waals surface area contributed by atoms with Crippen molar-refractivity contribution < 1.29 is 23.8 Å². The zero-order valence-corrected chi connectivity index (χ0v) is 19.1. The largest absolute Gasteiger partial charge is 0.497 e. The lowest BCUT2D eigenvalue weighted by molar-refractivity contribution is 0.0726. The van der Waals surface area contributed by atoms with Gasteiger partial charge in [-0.2, -0.15) is 5.10 Å². The van der Waals surface area contributed by atoms with E-state index >= 15 is 0 Å². The van der Waals surface area contributed by atoms with Gasteiger partial charge in [0.25, 0.3) is 5.91 Å². The molecule has 0 aliphatic rings. The second-order valence-electron chi connectivity index (χ2n) is 6.45. The Labute approximate surface area is 194 Å². The monoisotopic (exact) mass is 496 g/mol. The second-order valence-corrected chi connectivity index (χ2v) is 7.30. The number of methoxy groups -OCH3 is 1. The molecule has 3 aromatic rings. The number of ether oxygens (including phenoxy) is 3. The fraction of sp³-hybridized carbons (Fsp3) is 0.125. The van der Waals surface area contributed by atoms with E-state index < -0.39 is 5.97 Å². The van der Waals surface area contributed by atoms with Gasteiger partial charge in [0.1, 0.15) is 5.75 Å². The van der Waals surface area contributed by atoms with Crippen molar-refractivity contribution in [1.29, 1.82) is 0 Å². The molecule has 0 aromatic heterocycles. The van der Waals surface area contributed by atoms with Gasteiger partial charge in [-0.3, -0.25) is 4.79 Å². The molecular formula is C24H21BrN2O5. The van der Waals surface area contributed by atoms with E-state index in [0.717, 1.165) is 0 Å². The van der Waals surface area contributed by atoms with Crippen molar-refractivity contribution in [1.82, 2.24) is 5.43 Å². The molecule has 3 aromatic carbocycles. The topological polar surface area (TPSA) is 86.2 Å². The van der Waals surface area contributed by atoms with Crippen LogP contribution in [0.5, 0.6) is 17.2 Å². The predicted octanol–water partition coefficient (Wildman–Crippen LogP) is 4.84. The minimum Gasteiger partial charge on any atom is -0.497 e. The molecule has 0 aliphatic carbocycles. The molecule has 8 heteroatoms. The molecular weight excluding hydrogens is 476 g/mol. The summed E-state index contributed by atoms with van der Waals surface area (Å²) in [6.07, 6.45) is 1.48. The standard InChI is InChI=1S/C24H21BrN2O5/c1-3-31-21-14-16(15-26-27-23(28)17-7-5-4-6-8-17)13-20(25)22(21)32-24(29)18-9-11-19(30-2)12-10-18/h4-15H,3H2,1-2H3,(H,27,28)/b26-15-. The van der Waals surface area contributed by atoms with E-state index in [2.05, 4.69) is 26.5 Å². The summed E-state index contributed by atoms with van der Waals surface area (Å²) in [5, 5.41) is 3.99. The normalized spacial score (nSPS) is 10.6. The van der Waals surface area contributed by atoms with Crippen LogP contribution < -0.4 is 19.6 Å². The summed E-state index contributed by atoms with van der Waals surface area (Å²) >= 11 is 3.42. The van der Waals surface area contributed by atoms with Gasteiger partial charge < -0.3 is 14.2 Å². The minimum absolute atomic E-state index is 0.248. The zero-order chi connectivity index (χ0) is 22.9. The van der Waals surface area contributed by atoms with Crippen molar-refractivity contribution in [3.05, 3.63) is 87.9 Å². The number of rotatable bonds is 8. The van der Waals surface area contributed by atoms with Gasteiger partial charge in [-0.25, -0.2) is 10.2 Å². The summed E-state index contributed by atoms with van der Waals surface area (Å²) in [4.78, 5) is 24.7. The molecule has 0 fully saturated rings. The second kappa shape index (κ2) is 11.1. The van der Waals surface area contributed by atoms with Gasteiger partial charge in [0, 0.05) is 5.56 Å². The molecule has 164 valence electrons. The number of carbonyl (C=O) groups excluding carboxylic acids is 2. The quantitative estimate of drug-likeness (QED) is 0.208. The number of hydrazone groups is 1. The molecule has 0 atom stereocenters. The van der Waals surface area contributed by atoms with Crippen LogP contribution in [0.1, 0.15) is 33.2 Å². The maximum atomic E-state index is 12.6. The highest BCUT2D eigenvalue weighted by atomic mass is 79.9. The van der Waals surface area contributed by atoms with Gasteiger partial charge in [0.15, 0.2) is 11.5 Å². The summed E-state index contributed by atoms with van der Waals surface area (Å²) in [6, 6.07) is 18.7. The fourth-order valence-electron chi connectivity index (χ4n) is 2.72. The molecule has 1 amide bonds. The number of hydrogen-bond donors (Lipinski definition) is 1. The van der Waals surface area contributed by atoms with Gasteiger partial charge in [0.05, 0.1) is 30.0 Å². The van der Waals surface area contributed by atoms with Crippen LogP contribution in [0.4, 0.5) is 0 Å². The third-order valence-corrected chi connectivity index (χ3v) is 4.86. The minimum atomic E-state index is -0.536. The van der Waals surface area contributed by atoms with Crippen molar-refractivity contribution in [2.45, 2.75) is 6.92 Å². The molecule has 7 nitrogen and oxygen atoms in total. The molecule has 0 saturated carbocycles. The van der Waals surface area contributed by atoms with Crippen LogP contribution in [0.2, 0.25) is 0 Å². The Balaban J connectivity index is 1.76. The Morgan fingerprint density at radius 3 is 2.41 bits per heavy atom. The van der Waals surface area contributed by atoms with Crippen molar-refractivity contribution in [2.75, 3.05) is 13.7 Å². The summed E-state index contributed by atoms with van der Waals surface area (Å²) in [6.45, 7) is 2.19. The Morgan fingerprint density at radius 1 is 1.03 bits per heavy atom. The first-order valence-corrected chi connectivity index (χ1v) is 10.5. The highest BCUT2D eigenvalue weighted by Crippen LogP contribution is 2.37. The van der Waals surface area contributed by atoms with Crippen LogP contribution in [0.3, 0.4) is 0 Å². The first-order chi connectivity index (χ1) is 15.5. The van der Waals surface area contributed by atoms with Gasteiger partial charge in [0.2, 0.25) is 0 Å². The molecule has 0 radical (unpaired) electrons. The first-order valence-electron chi connectivity index (χ1n) is 9.72. The van der Waals surface area contributed by atoms with E-state index in [9.17, 15) is 9.59 Å². The maximum Gasteiger partial charge on any atom is 0.343 e. The zero-order valence-electron chi connectivity index (χ0n) is 17.5. The van der Waals surface area contributed by atoms with Crippen LogP contribution in [-0.2, 0) is 0 Å². The molecule has 0 bridgehead atoms. The molecule has 0 saturated heterocycles. The average Bonchev–Trinajstić information content (AvgIpc) is 2.82. The fourth-order valence-corrected chi connectivity index (χ4v) is 3.26. The summed E-state index contributed by atoms with van der Waals surface area (Å²) in [5.41, 5.74) is 3.98. The van der Waals surface area contributed by atoms with Crippen molar-refractivity contribution in [3.63, 3.8) is 0 Å². The van der Waals surface area contributed by atoms with Crippen LogP contribution in [-0.4, -0.2) is 31.8 Å². The maximum absolute atomic E-state index is 12.6. The third-order valence-electron chi connectivity index (χ3n) is 4.27. The highest BCUT2D eigenvalue weighted by molar-refractivity contribution is 9.10. The van der Waals surface area contributed by atoms with E-state index in [1.807, 2.05) is 13.0 Å². The summed E-state index contributed by atoms with van der Waals surface area (Å²) in [5.74, 6) is 0.389. The predicted molar refractivity (Wildman–Crippen MR) is 125 cm³/mol. The molecule has 0 spiro atoms.